The number of benzene rings is 1. The van der Waals surface area contributed by atoms with Crippen LogP contribution in [-0.2, 0) is 16.0 Å². The Kier molecular flexibility index (Phi) is 9.36. The Balaban J connectivity index is 2.13. The number of esters is 1. The van der Waals surface area contributed by atoms with E-state index in [9.17, 15) is 4.79 Å². The molecule has 1 aromatic rings. The van der Waals surface area contributed by atoms with E-state index >= 15 is 0 Å². The number of carbonyl (C=O) groups is 1. The molecule has 3 heteroatoms. The van der Waals surface area contributed by atoms with Crippen LogP contribution in [0.2, 0.25) is 0 Å². The minimum absolute atomic E-state index is 0.0969. The van der Waals surface area contributed by atoms with Gasteiger partial charge < -0.3 is 9.47 Å². The predicted molar refractivity (Wildman–Crippen MR) is 90.2 cm³/mol. The molecule has 0 spiro atoms. The second-order valence-electron chi connectivity index (χ2n) is 5.83. The fraction of sp³-hybridized carbons (Fsp3) is 0.632. The van der Waals surface area contributed by atoms with Crippen LogP contribution in [0.3, 0.4) is 0 Å². The summed E-state index contributed by atoms with van der Waals surface area (Å²) in [5.41, 5.74) is 1.37. The Hall–Kier alpha value is -1.51. The smallest absolute Gasteiger partial charge is 0.305 e. The molecule has 0 bridgehead atoms. The molecule has 1 unspecified atom stereocenters. The quantitative estimate of drug-likeness (QED) is 0.436. The maximum atomic E-state index is 11.2. The molecular formula is C19H30O3. The first-order valence-corrected chi connectivity index (χ1v) is 8.53. The van der Waals surface area contributed by atoms with Gasteiger partial charge in [-0.05, 0) is 56.2 Å². The zero-order valence-corrected chi connectivity index (χ0v) is 14.3. The summed E-state index contributed by atoms with van der Waals surface area (Å²) in [5.74, 6) is 1.56. The van der Waals surface area contributed by atoms with Crippen molar-refractivity contribution >= 4 is 5.97 Å². The van der Waals surface area contributed by atoms with E-state index in [-0.39, 0.29) is 5.97 Å². The van der Waals surface area contributed by atoms with Gasteiger partial charge in [-0.15, -0.1) is 0 Å². The van der Waals surface area contributed by atoms with Crippen LogP contribution in [0.15, 0.2) is 24.3 Å². The number of carbonyl (C=O) groups excluding carboxylic acids is 1. The van der Waals surface area contributed by atoms with Gasteiger partial charge in [-0.1, -0.05) is 32.4 Å². The third-order valence-corrected chi connectivity index (χ3v) is 3.80. The van der Waals surface area contributed by atoms with Crippen LogP contribution in [0.5, 0.6) is 5.75 Å². The fourth-order valence-electron chi connectivity index (χ4n) is 2.24. The SMILES string of the molecule is CCOC(=O)CCCCCOc1ccc(CC(C)CC)cc1. The van der Waals surface area contributed by atoms with Crippen LogP contribution in [0.1, 0.15) is 58.4 Å². The Morgan fingerprint density at radius 1 is 1.09 bits per heavy atom. The molecular weight excluding hydrogens is 276 g/mol. The maximum Gasteiger partial charge on any atom is 0.305 e. The summed E-state index contributed by atoms with van der Waals surface area (Å²) >= 11 is 0. The number of ether oxygens (including phenoxy) is 2. The van der Waals surface area contributed by atoms with Crippen molar-refractivity contribution in [2.24, 2.45) is 5.92 Å². The van der Waals surface area contributed by atoms with Gasteiger partial charge in [-0.25, -0.2) is 0 Å². The van der Waals surface area contributed by atoms with Gasteiger partial charge in [-0.2, -0.15) is 0 Å². The van der Waals surface area contributed by atoms with E-state index in [1.807, 2.05) is 6.92 Å². The predicted octanol–water partition coefficient (Wildman–Crippen LogP) is 4.78. The molecule has 1 rings (SSSR count). The largest absolute Gasteiger partial charge is 0.494 e. The van der Waals surface area contributed by atoms with E-state index in [1.165, 1.54) is 12.0 Å². The van der Waals surface area contributed by atoms with E-state index in [1.54, 1.807) is 0 Å². The minimum atomic E-state index is -0.0969. The van der Waals surface area contributed by atoms with Crippen LogP contribution in [-0.4, -0.2) is 19.2 Å². The van der Waals surface area contributed by atoms with E-state index < -0.39 is 0 Å². The molecule has 0 saturated heterocycles. The zero-order chi connectivity index (χ0) is 16.2. The Morgan fingerprint density at radius 3 is 2.45 bits per heavy atom. The molecule has 1 atom stereocenters. The average Bonchev–Trinajstić information content (AvgIpc) is 2.52. The van der Waals surface area contributed by atoms with Gasteiger partial charge >= 0.3 is 5.97 Å². The molecule has 0 saturated carbocycles. The summed E-state index contributed by atoms with van der Waals surface area (Å²) in [6.07, 6.45) is 5.68. The average molecular weight is 306 g/mol. The van der Waals surface area contributed by atoms with Gasteiger partial charge in [0.05, 0.1) is 13.2 Å². The van der Waals surface area contributed by atoms with E-state index in [0.717, 1.165) is 37.4 Å². The summed E-state index contributed by atoms with van der Waals surface area (Å²) in [7, 11) is 0. The van der Waals surface area contributed by atoms with Crippen molar-refractivity contribution in [3.05, 3.63) is 29.8 Å². The first kappa shape index (κ1) is 18.5. The number of hydrogen-bond donors (Lipinski definition) is 0. The Labute approximate surface area is 135 Å². The van der Waals surface area contributed by atoms with Gasteiger partial charge in [0.2, 0.25) is 0 Å². The van der Waals surface area contributed by atoms with Crippen LogP contribution >= 0.6 is 0 Å². The van der Waals surface area contributed by atoms with Crippen LogP contribution in [0.25, 0.3) is 0 Å². The molecule has 1 aromatic carbocycles. The molecule has 0 radical (unpaired) electrons. The van der Waals surface area contributed by atoms with E-state index in [4.69, 9.17) is 9.47 Å². The zero-order valence-electron chi connectivity index (χ0n) is 14.3. The highest BCUT2D eigenvalue weighted by Crippen LogP contribution is 2.16. The van der Waals surface area contributed by atoms with Crippen LogP contribution in [0, 0.1) is 5.92 Å². The molecule has 22 heavy (non-hydrogen) atoms. The van der Waals surface area contributed by atoms with Crippen molar-refractivity contribution in [1.82, 2.24) is 0 Å². The summed E-state index contributed by atoms with van der Waals surface area (Å²) in [6, 6.07) is 8.41. The van der Waals surface area contributed by atoms with Gasteiger partial charge in [-0.3, -0.25) is 4.79 Å². The lowest BCUT2D eigenvalue weighted by Crippen LogP contribution is -2.04. The Bertz CT molecular complexity index is 411. The summed E-state index contributed by atoms with van der Waals surface area (Å²) in [4.78, 5) is 11.2. The van der Waals surface area contributed by atoms with Crippen molar-refractivity contribution < 1.29 is 14.3 Å². The highest BCUT2D eigenvalue weighted by molar-refractivity contribution is 5.69. The number of hydrogen-bond acceptors (Lipinski definition) is 3. The number of rotatable bonds is 11. The fourth-order valence-corrected chi connectivity index (χ4v) is 2.24. The highest BCUT2D eigenvalue weighted by atomic mass is 16.5. The lowest BCUT2D eigenvalue weighted by molar-refractivity contribution is -0.143. The molecule has 0 aliphatic rings. The molecule has 3 nitrogen and oxygen atoms in total. The topological polar surface area (TPSA) is 35.5 Å². The van der Waals surface area contributed by atoms with Gasteiger partial charge in [0.25, 0.3) is 0 Å². The van der Waals surface area contributed by atoms with Crippen LogP contribution in [0.4, 0.5) is 0 Å². The molecule has 0 fully saturated rings. The third-order valence-electron chi connectivity index (χ3n) is 3.80. The second-order valence-corrected chi connectivity index (χ2v) is 5.83. The van der Waals surface area contributed by atoms with E-state index in [0.29, 0.717) is 19.6 Å². The van der Waals surface area contributed by atoms with Crippen molar-refractivity contribution in [2.75, 3.05) is 13.2 Å². The molecule has 0 aliphatic heterocycles. The first-order chi connectivity index (χ1) is 10.7. The third kappa shape index (κ3) is 8.06. The minimum Gasteiger partial charge on any atom is -0.494 e. The summed E-state index contributed by atoms with van der Waals surface area (Å²) in [5, 5.41) is 0. The summed E-state index contributed by atoms with van der Waals surface area (Å²) in [6.45, 7) is 7.51. The molecule has 0 amide bonds. The van der Waals surface area contributed by atoms with Gasteiger partial charge in [0.1, 0.15) is 5.75 Å². The molecule has 0 heterocycles. The van der Waals surface area contributed by atoms with Gasteiger partial charge in [0.15, 0.2) is 0 Å². The standard InChI is InChI=1S/C19H30O3/c1-4-16(3)15-17-10-12-18(13-11-17)22-14-8-6-7-9-19(20)21-5-2/h10-13,16H,4-9,14-15H2,1-3H3. The molecule has 0 aliphatic carbocycles. The van der Waals surface area contributed by atoms with E-state index in [2.05, 4.69) is 38.1 Å². The second kappa shape index (κ2) is 11.1. The Morgan fingerprint density at radius 2 is 1.82 bits per heavy atom. The van der Waals surface area contributed by atoms with Crippen molar-refractivity contribution in [3.8, 4) is 5.75 Å². The maximum absolute atomic E-state index is 11.2. The van der Waals surface area contributed by atoms with Crippen molar-refractivity contribution in [1.29, 1.82) is 0 Å². The van der Waals surface area contributed by atoms with Crippen molar-refractivity contribution in [3.63, 3.8) is 0 Å². The van der Waals surface area contributed by atoms with Crippen molar-refractivity contribution in [2.45, 2.75) is 59.3 Å². The summed E-state index contributed by atoms with van der Waals surface area (Å²) < 4.78 is 10.6. The monoisotopic (exact) mass is 306 g/mol. The lowest BCUT2D eigenvalue weighted by Gasteiger charge is -2.10. The lowest BCUT2D eigenvalue weighted by atomic mass is 9.99. The molecule has 124 valence electrons. The normalized spacial score (nSPS) is 12.0. The van der Waals surface area contributed by atoms with Crippen LogP contribution < -0.4 is 4.74 Å². The van der Waals surface area contributed by atoms with Gasteiger partial charge in [0, 0.05) is 6.42 Å². The molecule has 0 aromatic heterocycles. The molecule has 0 N–H and O–H groups in total. The number of unbranched alkanes of at least 4 members (excludes halogenated alkanes) is 2. The highest BCUT2D eigenvalue weighted by Gasteiger charge is 2.02. The first-order valence-electron chi connectivity index (χ1n) is 8.53.